The molecule has 52 heavy (non-hydrogen) atoms. The zero-order valence-corrected chi connectivity index (χ0v) is 34.3. The van der Waals surface area contributed by atoms with E-state index in [1.54, 1.807) is 33.4 Å². The molecule has 4 aromatic carbocycles. The number of rotatable bonds is 8. The molecule has 0 saturated heterocycles. The first-order chi connectivity index (χ1) is 24.6. The van der Waals surface area contributed by atoms with Gasteiger partial charge in [-0.1, -0.05) is 168 Å². The van der Waals surface area contributed by atoms with Gasteiger partial charge in [0.2, 0.25) is 0 Å². The van der Waals surface area contributed by atoms with Gasteiger partial charge in [-0.3, -0.25) is 0 Å². The number of hydrogen-bond acceptors (Lipinski definition) is 0. The molecule has 0 saturated carbocycles. The van der Waals surface area contributed by atoms with Gasteiger partial charge < -0.3 is 0 Å². The Balaban J connectivity index is 1.48. The molecule has 8 rings (SSSR count). The molecule has 0 heteroatoms. The van der Waals surface area contributed by atoms with Gasteiger partial charge >= 0.3 is 0 Å². The molecule has 0 N–H and O–H groups in total. The fourth-order valence-electron chi connectivity index (χ4n) is 11.3. The molecule has 0 aliphatic heterocycles. The lowest BCUT2D eigenvalue weighted by molar-refractivity contribution is 0.328. The molecular weight excluding hydrogens is 625 g/mol. The highest BCUT2D eigenvalue weighted by Gasteiger charge is 2.55. The first-order valence-electron chi connectivity index (χ1n) is 20.7. The normalized spacial score (nSPS) is 20.9. The maximum Gasteiger partial charge on any atom is 0.0443 e. The highest BCUT2D eigenvalue weighted by atomic mass is 14.6. The minimum absolute atomic E-state index is 0.0417. The van der Waals surface area contributed by atoms with E-state index in [4.69, 9.17) is 0 Å². The Morgan fingerprint density at radius 2 is 1.31 bits per heavy atom. The Labute approximate surface area is 315 Å². The lowest BCUT2D eigenvalue weighted by atomic mass is 9.59. The first kappa shape index (κ1) is 35.4. The van der Waals surface area contributed by atoms with Crippen molar-refractivity contribution >= 4 is 21.9 Å². The van der Waals surface area contributed by atoms with E-state index in [-0.39, 0.29) is 27.1 Å². The van der Waals surface area contributed by atoms with Crippen LogP contribution in [0, 0.1) is 16.7 Å². The highest BCUT2D eigenvalue weighted by Crippen LogP contribution is 2.68. The van der Waals surface area contributed by atoms with Gasteiger partial charge in [-0.15, -0.1) is 0 Å². The molecule has 1 atom stereocenters. The van der Waals surface area contributed by atoms with Gasteiger partial charge in [0.25, 0.3) is 0 Å². The van der Waals surface area contributed by atoms with Gasteiger partial charge in [-0.2, -0.15) is 0 Å². The summed E-state index contributed by atoms with van der Waals surface area (Å²) in [6.45, 7) is 29.4. The van der Waals surface area contributed by atoms with Crippen LogP contribution in [0.1, 0.15) is 154 Å². The molecule has 4 aromatic rings. The summed E-state index contributed by atoms with van der Waals surface area (Å²) in [5, 5.41) is 2.84. The topological polar surface area (TPSA) is 0 Å². The summed E-state index contributed by atoms with van der Waals surface area (Å²) in [6, 6.07) is 26.8. The van der Waals surface area contributed by atoms with Crippen molar-refractivity contribution in [2.75, 3.05) is 0 Å². The molecule has 0 bridgehead atoms. The van der Waals surface area contributed by atoms with Gasteiger partial charge in [0.05, 0.1) is 0 Å². The molecule has 1 unspecified atom stereocenters. The van der Waals surface area contributed by atoms with Crippen molar-refractivity contribution in [2.24, 2.45) is 16.7 Å². The van der Waals surface area contributed by atoms with Crippen molar-refractivity contribution in [2.45, 2.75) is 138 Å². The highest BCUT2D eigenvalue weighted by molar-refractivity contribution is 6.12. The first-order valence-corrected chi connectivity index (χ1v) is 20.7. The summed E-state index contributed by atoms with van der Waals surface area (Å²) in [4.78, 5) is 0. The van der Waals surface area contributed by atoms with Crippen molar-refractivity contribution in [1.82, 2.24) is 0 Å². The van der Waals surface area contributed by atoms with E-state index in [1.807, 2.05) is 0 Å². The summed E-state index contributed by atoms with van der Waals surface area (Å²) in [5.41, 5.74) is 19.7. The molecule has 0 amide bonds. The van der Waals surface area contributed by atoms with Crippen LogP contribution in [0.15, 0.2) is 90.0 Å². The van der Waals surface area contributed by atoms with Crippen LogP contribution in [-0.4, -0.2) is 0 Å². The van der Waals surface area contributed by atoms with Crippen molar-refractivity contribution in [3.05, 3.63) is 129 Å². The molecule has 0 radical (unpaired) electrons. The van der Waals surface area contributed by atoms with Crippen molar-refractivity contribution in [3.63, 3.8) is 0 Å². The summed E-state index contributed by atoms with van der Waals surface area (Å²) in [7, 11) is 0. The predicted octanol–water partition coefficient (Wildman–Crippen LogP) is 14.7. The Hall–Kier alpha value is -3.64. The van der Waals surface area contributed by atoms with E-state index < -0.39 is 0 Å². The van der Waals surface area contributed by atoms with E-state index in [0.29, 0.717) is 5.92 Å². The minimum atomic E-state index is -0.230. The molecule has 1 spiro atoms. The maximum absolute atomic E-state index is 2.80. The van der Waals surface area contributed by atoms with Gasteiger partial charge in [-0.05, 0) is 133 Å². The van der Waals surface area contributed by atoms with Crippen molar-refractivity contribution < 1.29 is 0 Å². The van der Waals surface area contributed by atoms with E-state index in [2.05, 4.69) is 162 Å². The molecule has 0 aromatic heterocycles. The van der Waals surface area contributed by atoms with E-state index in [9.17, 15) is 0 Å². The average molecular weight is 687 g/mol. The Morgan fingerprint density at radius 3 is 1.98 bits per heavy atom. The monoisotopic (exact) mass is 686 g/mol. The van der Waals surface area contributed by atoms with E-state index >= 15 is 0 Å². The molecule has 0 fully saturated rings. The second-order valence-corrected chi connectivity index (χ2v) is 19.1. The largest absolute Gasteiger partial charge is 0.0654 e. The summed E-state index contributed by atoms with van der Waals surface area (Å²) in [6.07, 6.45) is 12.2. The molecule has 4 aliphatic carbocycles. The second-order valence-electron chi connectivity index (χ2n) is 19.1. The molecule has 0 nitrogen and oxygen atoms in total. The molecular formula is C52H62. The van der Waals surface area contributed by atoms with Crippen molar-refractivity contribution in [3.8, 4) is 11.1 Å². The van der Waals surface area contributed by atoms with Crippen LogP contribution >= 0.6 is 0 Å². The lowest BCUT2D eigenvalue weighted by Gasteiger charge is -2.44. The van der Waals surface area contributed by atoms with Crippen LogP contribution in [0.5, 0.6) is 0 Å². The quantitative estimate of drug-likeness (QED) is 0.173. The number of benzene rings is 4. The molecule has 4 aliphatic rings. The van der Waals surface area contributed by atoms with Crippen LogP contribution in [-0.2, 0) is 22.7 Å². The summed E-state index contributed by atoms with van der Waals surface area (Å²) >= 11 is 0. The number of hydrogen-bond donors (Lipinski definition) is 0. The predicted molar refractivity (Wildman–Crippen MR) is 226 cm³/mol. The fraction of sp³-hybridized carbons (Fsp3) is 0.462. The molecule has 270 valence electrons. The standard InChI is InChI=1S/C52H62/c1-13-50(11,14-2)35-29-36(51(12,15-3)16-4)31-52(30-35)42-26-25-40-45(49(9,10)46-38-19-17-18-20-41(38)48(7,8)47(40)46)43(42)39-24-22-34-28-33(27-32(5)6)21-23-37(34)44(39)52/h17-26,28-30,32H,13-16,27,31H2,1-12H3. The second kappa shape index (κ2) is 11.7. The number of fused-ring (bicyclic) bond motifs is 12. The third kappa shape index (κ3) is 4.58. The Kier molecular flexibility index (Phi) is 7.95. The van der Waals surface area contributed by atoms with Gasteiger partial charge in [0.15, 0.2) is 0 Å². The summed E-state index contributed by atoms with van der Waals surface area (Å²) in [5.74, 6) is 0.634. The average Bonchev–Trinajstić information content (AvgIpc) is 3.65. The maximum atomic E-state index is 2.80. The van der Waals surface area contributed by atoms with Crippen LogP contribution in [0.25, 0.3) is 33.0 Å². The SMILES string of the molecule is CCC(C)(CC)C1=CC2(CC(C(C)(CC)CC)=C1)c1ccc3c(c1-c1ccc4cc(CC(C)C)ccc4c12)C(C)(C)C1=C3C(C)(C)c2ccccc21. The van der Waals surface area contributed by atoms with Crippen LogP contribution in [0.4, 0.5) is 0 Å². The molecule has 0 heterocycles. The van der Waals surface area contributed by atoms with Gasteiger partial charge in [-0.25, -0.2) is 0 Å². The zero-order chi connectivity index (χ0) is 37.2. The van der Waals surface area contributed by atoms with E-state index in [1.165, 1.54) is 49.7 Å². The lowest BCUT2D eigenvalue weighted by Crippen LogP contribution is -2.34. The fourth-order valence-corrected chi connectivity index (χ4v) is 11.3. The van der Waals surface area contributed by atoms with Gasteiger partial charge in [0.1, 0.15) is 0 Å². The smallest absolute Gasteiger partial charge is 0.0443 e. The van der Waals surface area contributed by atoms with Crippen LogP contribution < -0.4 is 0 Å². The van der Waals surface area contributed by atoms with Gasteiger partial charge in [0, 0.05) is 16.2 Å². The van der Waals surface area contributed by atoms with Crippen LogP contribution in [0.3, 0.4) is 0 Å². The van der Waals surface area contributed by atoms with Crippen LogP contribution in [0.2, 0.25) is 0 Å². The van der Waals surface area contributed by atoms with E-state index in [0.717, 1.165) is 38.5 Å². The van der Waals surface area contributed by atoms with Crippen molar-refractivity contribution in [1.29, 1.82) is 0 Å². The minimum Gasteiger partial charge on any atom is -0.0654 e. The zero-order valence-electron chi connectivity index (χ0n) is 34.3. The third-order valence-corrected chi connectivity index (χ3v) is 15.2. The summed E-state index contributed by atoms with van der Waals surface area (Å²) < 4.78 is 0. The third-order valence-electron chi connectivity index (χ3n) is 15.2. The number of allylic oxidation sites excluding steroid dienone is 6. The Bertz CT molecular complexity index is 2230. The Morgan fingerprint density at radius 1 is 0.654 bits per heavy atom.